The van der Waals surface area contributed by atoms with Crippen LogP contribution in [0.25, 0.3) is 11.1 Å². The number of carboxylic acid groups (broad SMARTS) is 1. The number of benzene rings is 1. The lowest BCUT2D eigenvalue weighted by atomic mass is 10.2. The fourth-order valence-corrected chi connectivity index (χ4v) is 2.12. The van der Waals surface area contributed by atoms with Gasteiger partial charge >= 0.3 is 5.97 Å². The maximum absolute atomic E-state index is 11.9. The van der Waals surface area contributed by atoms with Crippen molar-refractivity contribution in [2.45, 2.75) is 0 Å². The molecule has 0 fully saturated rings. The molecule has 1 aromatic carbocycles. The molecule has 0 aromatic heterocycles. The number of hydrogen-bond acceptors (Lipinski definition) is 5. The first-order valence-corrected chi connectivity index (χ1v) is 6.06. The Bertz CT molecular complexity index is 1050. The third kappa shape index (κ3) is 1.95. The molecule has 1 aromatic rings. The normalized spacial score (nSPS) is 10.9. The van der Waals surface area contributed by atoms with Gasteiger partial charge in [0.15, 0.2) is 5.58 Å². The van der Waals surface area contributed by atoms with Crippen molar-refractivity contribution in [2.75, 3.05) is 12.4 Å². The predicted octanol–water partition coefficient (Wildman–Crippen LogP) is 0.946. The van der Waals surface area contributed by atoms with Crippen LogP contribution in [-0.2, 0) is 0 Å². The summed E-state index contributed by atoms with van der Waals surface area (Å²) in [5.41, 5.74) is -0.763. The summed E-state index contributed by atoms with van der Waals surface area (Å²) in [5.74, 6) is -1.31. The molecule has 0 unspecified atom stereocenters. The molecule has 0 amide bonds. The number of nitrogens with one attached hydrogen (secondary N) is 2. The van der Waals surface area contributed by atoms with E-state index in [0.717, 1.165) is 11.8 Å². The second kappa shape index (κ2) is 4.48. The first-order valence-electron chi connectivity index (χ1n) is 6.06. The summed E-state index contributed by atoms with van der Waals surface area (Å²) in [6.07, 6.45) is 0. The number of H-pyrrole nitrogens is 1. The van der Waals surface area contributed by atoms with Crippen LogP contribution in [0.15, 0.2) is 38.3 Å². The quantitative estimate of drug-likeness (QED) is 0.604. The summed E-state index contributed by atoms with van der Waals surface area (Å²) in [4.78, 5) is 37.5. The van der Waals surface area contributed by atoms with Crippen LogP contribution in [0.5, 0.6) is 0 Å². The average Bonchev–Trinajstić information content (AvgIpc) is 2.48. The van der Waals surface area contributed by atoms with E-state index in [9.17, 15) is 14.4 Å². The molecule has 1 aliphatic carbocycles. The van der Waals surface area contributed by atoms with Crippen molar-refractivity contribution in [3.8, 4) is 0 Å². The Morgan fingerprint density at radius 2 is 2.05 bits per heavy atom. The highest BCUT2D eigenvalue weighted by atomic mass is 16.4. The molecule has 0 radical (unpaired) electrons. The zero-order valence-corrected chi connectivity index (χ0v) is 10.9. The zero-order valence-electron chi connectivity index (χ0n) is 10.9. The van der Waals surface area contributed by atoms with Crippen molar-refractivity contribution >= 4 is 22.8 Å². The van der Waals surface area contributed by atoms with E-state index in [-0.39, 0.29) is 16.3 Å². The number of aromatic carboxylic acids is 1. The van der Waals surface area contributed by atoms with Crippen molar-refractivity contribution in [2.24, 2.45) is 0 Å². The van der Waals surface area contributed by atoms with Crippen molar-refractivity contribution < 1.29 is 14.3 Å². The van der Waals surface area contributed by atoms with Crippen LogP contribution in [0.4, 0.5) is 5.69 Å². The minimum absolute atomic E-state index is 0.00296. The molecule has 0 spiro atoms. The molecule has 7 heteroatoms. The molecular weight excluding hydrogens is 276 g/mol. The molecule has 21 heavy (non-hydrogen) atoms. The Labute approximate surface area is 116 Å². The van der Waals surface area contributed by atoms with Crippen molar-refractivity contribution in [3.05, 3.63) is 61.0 Å². The smallest absolute Gasteiger partial charge is 0.338 e. The summed E-state index contributed by atoms with van der Waals surface area (Å²) >= 11 is 0. The molecule has 0 saturated heterocycles. The Kier molecular flexibility index (Phi) is 2.76. The standard InChI is InChI=1S/C14H10N2O5/c1-15-6-2-3-8-10(4-6)21-13-11(16-8)7(14(19)20)5-9(17)12(13)18/h2-5,15-16H,1H3,(H,19,20). The van der Waals surface area contributed by atoms with Crippen LogP contribution in [0, 0.1) is 10.8 Å². The molecule has 1 heterocycles. The molecular formula is C14H10N2O5. The highest BCUT2D eigenvalue weighted by molar-refractivity contribution is 5.88. The summed E-state index contributed by atoms with van der Waals surface area (Å²) in [5, 5.41) is 12.1. The maximum Gasteiger partial charge on any atom is 0.338 e. The van der Waals surface area contributed by atoms with Crippen LogP contribution in [0.2, 0.25) is 0 Å². The van der Waals surface area contributed by atoms with E-state index < -0.39 is 16.8 Å². The lowest BCUT2D eigenvalue weighted by Gasteiger charge is -2.04. The molecule has 7 nitrogen and oxygen atoms in total. The van der Waals surface area contributed by atoms with Gasteiger partial charge in [0.05, 0.1) is 11.1 Å². The highest BCUT2D eigenvalue weighted by Gasteiger charge is 2.14. The minimum atomic E-state index is -1.31. The second-order valence-corrected chi connectivity index (χ2v) is 4.45. The van der Waals surface area contributed by atoms with E-state index in [1.54, 1.807) is 25.2 Å². The number of anilines is 1. The zero-order chi connectivity index (χ0) is 15.1. The molecule has 106 valence electrons. The van der Waals surface area contributed by atoms with Crippen LogP contribution in [0.3, 0.4) is 0 Å². The van der Waals surface area contributed by atoms with Gasteiger partial charge in [-0.2, -0.15) is 0 Å². The number of carboxylic acids is 1. The van der Waals surface area contributed by atoms with Gasteiger partial charge < -0.3 is 19.8 Å². The average molecular weight is 286 g/mol. The van der Waals surface area contributed by atoms with E-state index in [1.165, 1.54) is 0 Å². The first-order chi connectivity index (χ1) is 10.0. The Hall–Kier alpha value is -3.09. The van der Waals surface area contributed by atoms with Gasteiger partial charge in [-0.05, 0) is 12.1 Å². The van der Waals surface area contributed by atoms with Gasteiger partial charge in [0.2, 0.25) is 10.8 Å². The summed E-state index contributed by atoms with van der Waals surface area (Å²) in [6, 6.07) is 5.89. The van der Waals surface area contributed by atoms with Gasteiger partial charge in [0, 0.05) is 24.9 Å². The van der Waals surface area contributed by atoms with Crippen molar-refractivity contribution in [1.82, 2.24) is 4.98 Å². The van der Waals surface area contributed by atoms with E-state index in [2.05, 4.69) is 10.3 Å². The SMILES string of the molecule is CNc1ccc2[nH]c3c(C(=O)O)cc(=O)c(=O)c=3oc2c1. The van der Waals surface area contributed by atoms with Crippen LogP contribution < -0.4 is 16.2 Å². The number of aromatic amines is 1. The molecule has 0 saturated carbocycles. The number of hydrogen-bond donors (Lipinski definition) is 3. The Morgan fingerprint density at radius 3 is 2.71 bits per heavy atom. The van der Waals surface area contributed by atoms with Crippen molar-refractivity contribution in [1.29, 1.82) is 0 Å². The molecule has 0 atom stereocenters. The Morgan fingerprint density at radius 1 is 1.29 bits per heavy atom. The second-order valence-electron chi connectivity index (χ2n) is 4.45. The molecule has 1 aliphatic heterocycles. The third-order valence-electron chi connectivity index (χ3n) is 3.17. The highest BCUT2D eigenvalue weighted by Crippen LogP contribution is 2.17. The fourth-order valence-electron chi connectivity index (χ4n) is 2.12. The minimum Gasteiger partial charge on any atom is -0.478 e. The predicted molar refractivity (Wildman–Crippen MR) is 74.9 cm³/mol. The monoisotopic (exact) mass is 286 g/mol. The molecule has 3 rings (SSSR count). The maximum atomic E-state index is 11.9. The molecule has 3 N–H and O–H groups in total. The summed E-state index contributed by atoms with van der Waals surface area (Å²) < 4.78 is 5.44. The fraction of sp³-hybridized carbons (Fsp3) is 0.0714. The topological polar surface area (TPSA) is 112 Å². The van der Waals surface area contributed by atoms with E-state index in [0.29, 0.717) is 11.1 Å². The number of rotatable bonds is 2. The van der Waals surface area contributed by atoms with E-state index >= 15 is 0 Å². The number of carbonyl (C=O) groups is 1. The van der Waals surface area contributed by atoms with Crippen LogP contribution >= 0.6 is 0 Å². The lowest BCUT2D eigenvalue weighted by Crippen LogP contribution is -2.26. The van der Waals surface area contributed by atoms with Crippen molar-refractivity contribution in [3.63, 3.8) is 0 Å². The lowest BCUT2D eigenvalue weighted by molar-refractivity contribution is 0.0695. The van der Waals surface area contributed by atoms with Gasteiger partial charge in [0.1, 0.15) is 5.35 Å². The van der Waals surface area contributed by atoms with E-state index in [1.807, 2.05) is 0 Å². The van der Waals surface area contributed by atoms with Gasteiger partial charge in [0.25, 0.3) is 5.43 Å². The van der Waals surface area contributed by atoms with Gasteiger partial charge in [-0.3, -0.25) is 9.59 Å². The largest absolute Gasteiger partial charge is 0.478 e. The number of fused-ring (bicyclic) bond motifs is 1. The molecule has 2 aliphatic rings. The molecule has 0 bridgehead atoms. The number of aromatic nitrogens is 1. The summed E-state index contributed by atoms with van der Waals surface area (Å²) in [7, 11) is 1.73. The van der Waals surface area contributed by atoms with Crippen LogP contribution in [-0.4, -0.2) is 23.1 Å². The Balaban J connectivity index is 2.59. The summed E-state index contributed by atoms with van der Waals surface area (Å²) in [6.45, 7) is 0. The van der Waals surface area contributed by atoms with Crippen LogP contribution in [0.1, 0.15) is 10.4 Å². The van der Waals surface area contributed by atoms with Gasteiger partial charge in [-0.1, -0.05) is 0 Å². The van der Waals surface area contributed by atoms with Gasteiger partial charge in [-0.25, -0.2) is 4.79 Å². The first kappa shape index (κ1) is 12.9. The van der Waals surface area contributed by atoms with Gasteiger partial charge in [-0.15, -0.1) is 0 Å². The van der Waals surface area contributed by atoms with E-state index in [4.69, 9.17) is 9.52 Å². The third-order valence-corrected chi connectivity index (χ3v) is 3.17.